The maximum absolute atomic E-state index is 12.3. The van der Waals surface area contributed by atoms with Crippen LogP contribution in [0, 0.1) is 0 Å². The van der Waals surface area contributed by atoms with Crippen molar-refractivity contribution in [2.45, 2.75) is 13.1 Å². The van der Waals surface area contributed by atoms with Crippen LogP contribution in [0.3, 0.4) is 0 Å². The van der Waals surface area contributed by atoms with Gasteiger partial charge in [0, 0.05) is 18.1 Å². The molecule has 0 atom stereocenters. The monoisotopic (exact) mass is 407 g/mol. The standard InChI is InChI=1S/C15H14BrN5O2S/c1-19(9-11-4-6-12(16)7-5-11)13(22)10-20-15(23)21(18-17-20)14-3-2-8-24-14/h2-8H,9-10H2,1H3. The van der Waals surface area contributed by atoms with E-state index in [1.165, 1.54) is 16.0 Å². The van der Waals surface area contributed by atoms with Crippen molar-refractivity contribution in [3.05, 3.63) is 62.3 Å². The second-order valence-corrected chi connectivity index (χ2v) is 7.00. The first kappa shape index (κ1) is 16.6. The Morgan fingerprint density at radius 3 is 2.67 bits per heavy atom. The van der Waals surface area contributed by atoms with Gasteiger partial charge in [-0.05, 0) is 45.6 Å². The van der Waals surface area contributed by atoms with Gasteiger partial charge < -0.3 is 4.90 Å². The first-order chi connectivity index (χ1) is 11.5. The number of halogens is 1. The minimum Gasteiger partial charge on any atom is -0.340 e. The molecule has 0 radical (unpaired) electrons. The molecule has 0 aliphatic carbocycles. The van der Waals surface area contributed by atoms with Crippen LogP contribution in [-0.2, 0) is 17.9 Å². The zero-order valence-corrected chi connectivity index (χ0v) is 15.2. The molecule has 7 nitrogen and oxygen atoms in total. The number of carbonyl (C=O) groups is 1. The fourth-order valence-electron chi connectivity index (χ4n) is 2.10. The molecule has 1 aromatic carbocycles. The summed E-state index contributed by atoms with van der Waals surface area (Å²) in [6, 6.07) is 11.3. The molecule has 2 aromatic heterocycles. The third kappa shape index (κ3) is 3.62. The summed E-state index contributed by atoms with van der Waals surface area (Å²) in [5, 5.41) is 10.1. The van der Waals surface area contributed by atoms with Crippen molar-refractivity contribution in [2.24, 2.45) is 0 Å². The van der Waals surface area contributed by atoms with Gasteiger partial charge in [-0.3, -0.25) is 4.79 Å². The van der Waals surface area contributed by atoms with Gasteiger partial charge in [-0.25, -0.2) is 4.79 Å². The number of aromatic nitrogens is 4. The van der Waals surface area contributed by atoms with Gasteiger partial charge >= 0.3 is 5.69 Å². The molecule has 0 saturated carbocycles. The third-order valence-corrected chi connectivity index (χ3v) is 4.77. The molecule has 0 saturated heterocycles. The van der Waals surface area contributed by atoms with Crippen LogP contribution in [0.5, 0.6) is 0 Å². The van der Waals surface area contributed by atoms with Crippen molar-refractivity contribution >= 4 is 33.2 Å². The molecule has 0 bridgehead atoms. The molecule has 24 heavy (non-hydrogen) atoms. The molecule has 3 aromatic rings. The summed E-state index contributed by atoms with van der Waals surface area (Å²) in [6.45, 7) is 0.317. The molecular formula is C15H14BrN5O2S. The fraction of sp³-hybridized carbons (Fsp3) is 0.200. The number of rotatable bonds is 5. The number of hydrogen-bond acceptors (Lipinski definition) is 5. The van der Waals surface area contributed by atoms with E-state index in [1.54, 1.807) is 18.0 Å². The summed E-state index contributed by atoms with van der Waals surface area (Å²) in [7, 11) is 1.69. The normalized spacial score (nSPS) is 10.8. The average molecular weight is 408 g/mol. The maximum Gasteiger partial charge on any atom is 0.369 e. The fourth-order valence-corrected chi connectivity index (χ4v) is 3.04. The number of hydrogen-bond donors (Lipinski definition) is 0. The molecule has 2 heterocycles. The van der Waals surface area contributed by atoms with E-state index in [1.807, 2.05) is 35.7 Å². The Balaban J connectivity index is 1.68. The second-order valence-electron chi connectivity index (χ2n) is 5.16. The number of tetrazole rings is 1. The Morgan fingerprint density at radius 1 is 1.25 bits per heavy atom. The molecule has 0 unspecified atom stereocenters. The molecule has 9 heteroatoms. The predicted octanol–water partition coefficient (Wildman–Crippen LogP) is 1.91. The van der Waals surface area contributed by atoms with Crippen LogP contribution in [0.2, 0.25) is 0 Å². The molecule has 0 aliphatic rings. The van der Waals surface area contributed by atoms with Crippen LogP contribution in [0.25, 0.3) is 5.00 Å². The number of likely N-dealkylation sites (N-methyl/N-ethyl adjacent to an activating group) is 1. The Labute approximate surface area is 150 Å². The summed E-state index contributed by atoms with van der Waals surface area (Å²) >= 11 is 4.76. The highest BCUT2D eigenvalue weighted by Gasteiger charge is 2.15. The van der Waals surface area contributed by atoms with E-state index in [9.17, 15) is 9.59 Å². The van der Waals surface area contributed by atoms with E-state index >= 15 is 0 Å². The van der Waals surface area contributed by atoms with E-state index in [-0.39, 0.29) is 12.5 Å². The lowest BCUT2D eigenvalue weighted by Crippen LogP contribution is -2.34. The van der Waals surface area contributed by atoms with Crippen LogP contribution < -0.4 is 5.69 Å². The first-order valence-corrected chi connectivity index (χ1v) is 8.77. The molecular weight excluding hydrogens is 394 g/mol. The van der Waals surface area contributed by atoms with Crippen molar-refractivity contribution in [2.75, 3.05) is 7.05 Å². The van der Waals surface area contributed by atoms with Gasteiger partial charge in [0.05, 0.1) is 0 Å². The van der Waals surface area contributed by atoms with Gasteiger partial charge in [0.25, 0.3) is 0 Å². The van der Waals surface area contributed by atoms with Gasteiger partial charge in [0.1, 0.15) is 11.5 Å². The van der Waals surface area contributed by atoms with Crippen molar-refractivity contribution < 1.29 is 4.79 Å². The molecule has 0 spiro atoms. The van der Waals surface area contributed by atoms with Crippen LogP contribution in [0.4, 0.5) is 0 Å². The number of thiophene rings is 1. The van der Waals surface area contributed by atoms with E-state index < -0.39 is 5.69 Å². The summed E-state index contributed by atoms with van der Waals surface area (Å²) in [6.07, 6.45) is 0. The maximum atomic E-state index is 12.3. The highest BCUT2D eigenvalue weighted by atomic mass is 79.9. The van der Waals surface area contributed by atoms with Gasteiger partial charge in [-0.2, -0.15) is 9.36 Å². The molecule has 3 rings (SSSR count). The molecule has 0 aliphatic heterocycles. The second kappa shape index (κ2) is 7.10. The topological polar surface area (TPSA) is 73.0 Å². The third-order valence-electron chi connectivity index (χ3n) is 3.40. The van der Waals surface area contributed by atoms with E-state index in [4.69, 9.17) is 0 Å². The van der Waals surface area contributed by atoms with E-state index in [0.29, 0.717) is 11.5 Å². The minimum absolute atomic E-state index is 0.142. The van der Waals surface area contributed by atoms with Gasteiger partial charge in [-0.15, -0.1) is 11.3 Å². The van der Waals surface area contributed by atoms with Crippen LogP contribution in [-0.4, -0.2) is 37.6 Å². The molecule has 124 valence electrons. The van der Waals surface area contributed by atoms with E-state index in [0.717, 1.165) is 14.7 Å². The number of nitrogens with zero attached hydrogens (tertiary/aromatic N) is 5. The zero-order valence-electron chi connectivity index (χ0n) is 12.8. The molecule has 1 amide bonds. The number of carbonyl (C=O) groups excluding carboxylic acids is 1. The lowest BCUT2D eigenvalue weighted by atomic mass is 10.2. The van der Waals surface area contributed by atoms with Crippen LogP contribution >= 0.6 is 27.3 Å². The minimum atomic E-state index is -0.428. The largest absolute Gasteiger partial charge is 0.369 e. The Kier molecular flexibility index (Phi) is 4.91. The highest BCUT2D eigenvalue weighted by molar-refractivity contribution is 9.10. The summed E-state index contributed by atoms with van der Waals surface area (Å²) in [5.41, 5.74) is 0.575. The molecule has 0 N–H and O–H groups in total. The predicted molar refractivity (Wildman–Crippen MR) is 94.1 cm³/mol. The highest BCUT2D eigenvalue weighted by Crippen LogP contribution is 2.12. The lowest BCUT2D eigenvalue weighted by Gasteiger charge is -2.16. The number of benzene rings is 1. The first-order valence-electron chi connectivity index (χ1n) is 7.09. The smallest absolute Gasteiger partial charge is 0.340 e. The summed E-state index contributed by atoms with van der Waals surface area (Å²) < 4.78 is 3.24. The summed E-state index contributed by atoms with van der Waals surface area (Å²) in [4.78, 5) is 26.1. The van der Waals surface area contributed by atoms with Crippen molar-refractivity contribution in [1.82, 2.24) is 24.7 Å². The van der Waals surface area contributed by atoms with Crippen molar-refractivity contribution in [3.63, 3.8) is 0 Å². The Morgan fingerprint density at radius 2 is 2.00 bits per heavy atom. The summed E-state index contributed by atoms with van der Waals surface area (Å²) in [5.74, 6) is -0.210. The zero-order chi connectivity index (χ0) is 17.1. The van der Waals surface area contributed by atoms with Gasteiger partial charge in [0.15, 0.2) is 0 Å². The van der Waals surface area contributed by atoms with Crippen molar-refractivity contribution in [3.8, 4) is 5.00 Å². The van der Waals surface area contributed by atoms with E-state index in [2.05, 4.69) is 26.4 Å². The average Bonchev–Trinajstić information content (AvgIpc) is 3.20. The van der Waals surface area contributed by atoms with Crippen LogP contribution in [0.15, 0.2) is 51.0 Å². The lowest BCUT2D eigenvalue weighted by molar-refractivity contribution is -0.131. The quantitative estimate of drug-likeness (QED) is 0.647. The SMILES string of the molecule is CN(Cc1ccc(Br)cc1)C(=O)Cn1nnn(-c2cccs2)c1=O. The Bertz CT molecular complexity index is 885. The molecule has 0 fully saturated rings. The van der Waals surface area contributed by atoms with Crippen molar-refractivity contribution in [1.29, 1.82) is 0 Å². The van der Waals surface area contributed by atoms with Gasteiger partial charge in [-0.1, -0.05) is 28.1 Å². The van der Waals surface area contributed by atoms with Crippen LogP contribution in [0.1, 0.15) is 5.56 Å². The Hall–Kier alpha value is -2.26. The van der Waals surface area contributed by atoms with Gasteiger partial charge in [0.2, 0.25) is 5.91 Å². The number of amides is 1.